The Balaban J connectivity index is 1.78. The Bertz CT molecular complexity index is 752. The molecule has 2 N–H and O–H groups in total. The molecule has 0 saturated heterocycles. The van der Waals surface area contributed by atoms with Crippen molar-refractivity contribution in [2.45, 2.75) is 38.0 Å². The van der Waals surface area contributed by atoms with Gasteiger partial charge in [0.15, 0.2) is 0 Å². The second-order valence-corrected chi connectivity index (χ2v) is 6.33. The molecular weight excluding hydrogens is 329 g/mol. The maximum Gasteiger partial charge on any atom is 0.416 e. The van der Waals surface area contributed by atoms with Gasteiger partial charge in [0, 0.05) is 18.3 Å². The minimum Gasteiger partial charge on any atom is -0.399 e. The summed E-state index contributed by atoms with van der Waals surface area (Å²) in [5.41, 5.74) is 6.49. The van der Waals surface area contributed by atoms with E-state index in [4.69, 9.17) is 5.73 Å². The highest BCUT2D eigenvalue weighted by Gasteiger charge is 2.36. The van der Waals surface area contributed by atoms with E-state index in [2.05, 4.69) is 0 Å². The van der Waals surface area contributed by atoms with E-state index >= 15 is 0 Å². The number of nitrogen functional groups attached to an aromatic ring is 1. The second kappa shape index (κ2) is 6.78. The van der Waals surface area contributed by atoms with Crippen molar-refractivity contribution in [2.24, 2.45) is 0 Å². The van der Waals surface area contributed by atoms with Crippen LogP contribution in [0.3, 0.4) is 0 Å². The molecule has 2 aromatic rings. The third-order valence-electron chi connectivity index (χ3n) is 4.31. The lowest BCUT2D eigenvalue weighted by atomic mass is 10.1. The lowest BCUT2D eigenvalue weighted by Gasteiger charge is -2.24. The van der Waals surface area contributed by atoms with Gasteiger partial charge in [-0.15, -0.1) is 0 Å². The van der Waals surface area contributed by atoms with Gasteiger partial charge in [-0.25, -0.2) is 0 Å². The third-order valence-corrected chi connectivity index (χ3v) is 4.31. The number of rotatable bonds is 5. The highest BCUT2D eigenvalue weighted by Crippen LogP contribution is 2.35. The molecule has 0 radical (unpaired) electrons. The molecular formula is C19H19F3N2O. The SMILES string of the molecule is Nc1ccc(CC(=O)N(Cc2ccccc2C(F)(F)F)C2CC2)cc1. The van der Waals surface area contributed by atoms with Crippen LogP contribution < -0.4 is 5.73 Å². The normalized spacial score (nSPS) is 14.4. The average Bonchev–Trinajstić information content (AvgIpc) is 3.39. The molecule has 0 bridgehead atoms. The number of hydrogen-bond acceptors (Lipinski definition) is 2. The Morgan fingerprint density at radius 3 is 2.32 bits per heavy atom. The number of nitrogens with two attached hydrogens (primary N) is 1. The van der Waals surface area contributed by atoms with Crippen molar-refractivity contribution in [3.05, 3.63) is 65.2 Å². The summed E-state index contributed by atoms with van der Waals surface area (Å²) in [7, 11) is 0. The first-order valence-electron chi connectivity index (χ1n) is 8.13. The minimum absolute atomic E-state index is 0.0197. The summed E-state index contributed by atoms with van der Waals surface area (Å²) in [6, 6.07) is 12.4. The molecule has 0 aromatic heterocycles. The topological polar surface area (TPSA) is 46.3 Å². The van der Waals surface area contributed by atoms with Crippen LogP contribution in [-0.2, 0) is 23.9 Å². The van der Waals surface area contributed by atoms with Crippen LogP contribution in [0.4, 0.5) is 18.9 Å². The molecule has 3 nitrogen and oxygen atoms in total. The van der Waals surface area contributed by atoms with Crippen LogP contribution in [0, 0.1) is 0 Å². The van der Waals surface area contributed by atoms with Gasteiger partial charge in [-0.3, -0.25) is 4.79 Å². The quantitative estimate of drug-likeness (QED) is 0.830. The van der Waals surface area contributed by atoms with E-state index in [0.717, 1.165) is 24.5 Å². The molecule has 1 amide bonds. The van der Waals surface area contributed by atoms with Crippen molar-refractivity contribution < 1.29 is 18.0 Å². The highest BCUT2D eigenvalue weighted by atomic mass is 19.4. The van der Waals surface area contributed by atoms with Crippen LogP contribution in [0.25, 0.3) is 0 Å². The summed E-state index contributed by atoms with van der Waals surface area (Å²) in [5.74, 6) is -0.163. The summed E-state index contributed by atoms with van der Waals surface area (Å²) in [5, 5.41) is 0. The van der Waals surface area contributed by atoms with Gasteiger partial charge in [0.05, 0.1) is 12.0 Å². The molecule has 0 aliphatic heterocycles. The fraction of sp³-hybridized carbons (Fsp3) is 0.316. The molecule has 3 rings (SSSR count). The first kappa shape index (κ1) is 17.3. The van der Waals surface area contributed by atoms with E-state index in [0.29, 0.717) is 5.69 Å². The fourth-order valence-corrected chi connectivity index (χ4v) is 2.84. The first-order valence-corrected chi connectivity index (χ1v) is 8.13. The predicted octanol–water partition coefficient (Wildman–Crippen LogP) is 4.02. The van der Waals surface area contributed by atoms with E-state index in [9.17, 15) is 18.0 Å². The number of halogens is 3. The number of carbonyl (C=O) groups is 1. The van der Waals surface area contributed by atoms with Gasteiger partial charge in [-0.1, -0.05) is 30.3 Å². The Labute approximate surface area is 144 Å². The number of hydrogen-bond donors (Lipinski definition) is 1. The summed E-state index contributed by atoms with van der Waals surface area (Å²) in [6.07, 6.45) is -2.60. The van der Waals surface area contributed by atoms with E-state index in [1.165, 1.54) is 12.1 Å². The molecule has 132 valence electrons. The molecule has 6 heteroatoms. The molecule has 1 fully saturated rings. The maximum atomic E-state index is 13.2. The van der Waals surface area contributed by atoms with E-state index in [-0.39, 0.29) is 30.5 Å². The van der Waals surface area contributed by atoms with E-state index in [1.807, 2.05) is 0 Å². The van der Waals surface area contributed by atoms with Gasteiger partial charge < -0.3 is 10.6 Å². The molecule has 2 aromatic carbocycles. The van der Waals surface area contributed by atoms with Gasteiger partial charge in [-0.05, 0) is 42.2 Å². The standard InChI is InChI=1S/C19H19F3N2O/c20-19(21,22)17-4-2-1-3-14(17)12-24(16-9-10-16)18(25)11-13-5-7-15(23)8-6-13/h1-8,16H,9-12,23H2. The number of alkyl halides is 3. The molecule has 0 atom stereocenters. The molecule has 1 aliphatic carbocycles. The summed E-state index contributed by atoms with van der Waals surface area (Å²) >= 11 is 0. The zero-order chi connectivity index (χ0) is 18.0. The molecule has 0 unspecified atom stereocenters. The maximum absolute atomic E-state index is 13.2. The van der Waals surface area contributed by atoms with Crippen molar-refractivity contribution in [3.63, 3.8) is 0 Å². The number of amides is 1. The number of benzene rings is 2. The summed E-state index contributed by atoms with van der Waals surface area (Å²) in [4.78, 5) is 14.2. The zero-order valence-corrected chi connectivity index (χ0v) is 13.6. The second-order valence-electron chi connectivity index (χ2n) is 6.33. The smallest absolute Gasteiger partial charge is 0.399 e. The van der Waals surface area contributed by atoms with E-state index < -0.39 is 11.7 Å². The number of anilines is 1. The Morgan fingerprint density at radius 2 is 1.72 bits per heavy atom. The molecule has 1 aliphatic rings. The van der Waals surface area contributed by atoms with Gasteiger partial charge in [0.2, 0.25) is 5.91 Å². The average molecular weight is 348 g/mol. The number of nitrogens with zero attached hydrogens (tertiary/aromatic N) is 1. The van der Waals surface area contributed by atoms with Crippen molar-refractivity contribution in [3.8, 4) is 0 Å². The molecule has 0 heterocycles. The van der Waals surface area contributed by atoms with Crippen LogP contribution in [-0.4, -0.2) is 16.8 Å². The van der Waals surface area contributed by atoms with Crippen LogP contribution in [0.5, 0.6) is 0 Å². The van der Waals surface area contributed by atoms with Crippen LogP contribution in [0.1, 0.15) is 29.5 Å². The first-order chi connectivity index (χ1) is 11.8. The van der Waals surface area contributed by atoms with Gasteiger partial charge in [-0.2, -0.15) is 13.2 Å². The van der Waals surface area contributed by atoms with Crippen LogP contribution in [0.2, 0.25) is 0 Å². The highest BCUT2D eigenvalue weighted by molar-refractivity contribution is 5.79. The lowest BCUT2D eigenvalue weighted by molar-refractivity contribution is -0.140. The predicted molar refractivity (Wildman–Crippen MR) is 89.6 cm³/mol. The molecule has 0 spiro atoms. The van der Waals surface area contributed by atoms with Gasteiger partial charge in [0.1, 0.15) is 0 Å². The van der Waals surface area contributed by atoms with Gasteiger partial charge >= 0.3 is 6.18 Å². The van der Waals surface area contributed by atoms with Crippen molar-refractivity contribution in [1.82, 2.24) is 4.90 Å². The van der Waals surface area contributed by atoms with E-state index in [1.54, 1.807) is 35.2 Å². The Kier molecular flexibility index (Phi) is 4.70. The van der Waals surface area contributed by atoms with Gasteiger partial charge in [0.25, 0.3) is 0 Å². The third kappa shape index (κ3) is 4.32. The number of carbonyl (C=O) groups excluding carboxylic acids is 1. The summed E-state index contributed by atoms with van der Waals surface area (Å²) in [6.45, 7) is -0.0197. The van der Waals surface area contributed by atoms with Crippen LogP contribution >= 0.6 is 0 Å². The Morgan fingerprint density at radius 1 is 1.08 bits per heavy atom. The van der Waals surface area contributed by atoms with Crippen molar-refractivity contribution in [2.75, 3.05) is 5.73 Å². The van der Waals surface area contributed by atoms with Crippen molar-refractivity contribution in [1.29, 1.82) is 0 Å². The minimum atomic E-state index is -4.42. The monoisotopic (exact) mass is 348 g/mol. The molecule has 1 saturated carbocycles. The zero-order valence-electron chi connectivity index (χ0n) is 13.6. The summed E-state index contributed by atoms with van der Waals surface area (Å²) < 4.78 is 39.6. The molecule has 25 heavy (non-hydrogen) atoms. The Hall–Kier alpha value is -2.50. The lowest BCUT2D eigenvalue weighted by Crippen LogP contribution is -2.34. The van der Waals surface area contributed by atoms with Crippen LogP contribution in [0.15, 0.2) is 48.5 Å². The van der Waals surface area contributed by atoms with Crippen molar-refractivity contribution >= 4 is 11.6 Å². The fourth-order valence-electron chi connectivity index (χ4n) is 2.84. The largest absolute Gasteiger partial charge is 0.416 e.